The van der Waals surface area contributed by atoms with Gasteiger partial charge in [-0.2, -0.15) is 0 Å². The highest BCUT2D eigenvalue weighted by atomic mass is 16.5. The predicted molar refractivity (Wildman–Crippen MR) is 287 cm³/mol. The number of ether oxygens (including phenoxy) is 1. The van der Waals surface area contributed by atoms with Crippen molar-refractivity contribution in [3.8, 4) is 0 Å². The van der Waals surface area contributed by atoms with Crippen LogP contribution in [0.4, 0.5) is 0 Å². The van der Waals surface area contributed by atoms with Gasteiger partial charge < -0.3 is 20.3 Å². The number of esters is 1. The Bertz CT molecular complexity index is 1110. The first-order valence-electron chi connectivity index (χ1n) is 28.9. The SMILES string of the molecule is CCCCC/C=C\C/C=C\CCCCCCCC(=O)OCCCCC/C=C\CCCCCCCC(=O)NC(CO)C(O)/C=C/CCCCCCCCCCCCCCCCCCCCCC. The van der Waals surface area contributed by atoms with Crippen molar-refractivity contribution in [2.45, 2.75) is 309 Å². The summed E-state index contributed by atoms with van der Waals surface area (Å²) >= 11 is 0. The first kappa shape index (κ1) is 63.8. The number of hydrogen-bond donors (Lipinski definition) is 3. The van der Waals surface area contributed by atoms with Crippen LogP contribution in [-0.4, -0.2) is 47.4 Å². The molecule has 2 unspecified atom stereocenters. The molecule has 0 spiro atoms. The first-order valence-corrected chi connectivity index (χ1v) is 28.9. The number of amides is 1. The molecule has 0 aliphatic carbocycles. The number of unbranched alkanes of at least 4 members (excludes halogenated alkanes) is 36. The molecule has 0 rings (SSSR count). The fourth-order valence-corrected chi connectivity index (χ4v) is 8.60. The van der Waals surface area contributed by atoms with E-state index in [1.165, 1.54) is 167 Å². The second-order valence-corrected chi connectivity index (χ2v) is 19.6. The summed E-state index contributed by atoms with van der Waals surface area (Å²) in [7, 11) is 0. The van der Waals surface area contributed by atoms with Gasteiger partial charge in [0.05, 0.1) is 25.4 Å². The van der Waals surface area contributed by atoms with Gasteiger partial charge in [-0.15, -0.1) is 0 Å². The van der Waals surface area contributed by atoms with Gasteiger partial charge in [-0.3, -0.25) is 9.59 Å². The van der Waals surface area contributed by atoms with Crippen LogP contribution in [0.3, 0.4) is 0 Å². The molecule has 1 amide bonds. The third-order valence-electron chi connectivity index (χ3n) is 13.1. The van der Waals surface area contributed by atoms with Gasteiger partial charge in [-0.1, -0.05) is 236 Å². The molecule has 0 radical (unpaired) electrons. The van der Waals surface area contributed by atoms with Crippen molar-refractivity contribution in [2.24, 2.45) is 0 Å². The number of aliphatic hydroxyl groups is 2. The van der Waals surface area contributed by atoms with E-state index in [9.17, 15) is 19.8 Å². The molecule has 0 heterocycles. The minimum atomic E-state index is -0.863. The van der Waals surface area contributed by atoms with Crippen LogP contribution in [0.1, 0.15) is 296 Å². The number of hydrogen-bond acceptors (Lipinski definition) is 5. The van der Waals surface area contributed by atoms with Gasteiger partial charge in [0.15, 0.2) is 0 Å². The zero-order chi connectivity index (χ0) is 47.9. The fraction of sp³-hybridized carbons (Fsp3) is 0.833. The molecule has 0 bridgehead atoms. The van der Waals surface area contributed by atoms with Gasteiger partial charge in [0.25, 0.3) is 0 Å². The summed E-state index contributed by atoms with van der Waals surface area (Å²) in [4.78, 5) is 24.5. The van der Waals surface area contributed by atoms with E-state index in [-0.39, 0.29) is 18.5 Å². The van der Waals surface area contributed by atoms with Crippen LogP contribution in [0.2, 0.25) is 0 Å². The Morgan fingerprint density at radius 1 is 0.424 bits per heavy atom. The molecule has 0 aliphatic heterocycles. The largest absolute Gasteiger partial charge is 0.466 e. The van der Waals surface area contributed by atoms with Crippen LogP contribution < -0.4 is 5.32 Å². The minimum absolute atomic E-state index is 0.0385. The molecule has 2 atom stereocenters. The van der Waals surface area contributed by atoms with Crippen LogP contribution in [0.5, 0.6) is 0 Å². The van der Waals surface area contributed by atoms with Crippen molar-refractivity contribution in [1.82, 2.24) is 5.32 Å². The van der Waals surface area contributed by atoms with Gasteiger partial charge in [-0.25, -0.2) is 0 Å². The number of carbonyl (C=O) groups excluding carboxylic acids is 2. The van der Waals surface area contributed by atoms with Crippen molar-refractivity contribution < 1.29 is 24.5 Å². The number of rotatable bonds is 53. The number of nitrogens with one attached hydrogen (secondary N) is 1. The zero-order valence-electron chi connectivity index (χ0n) is 43.9. The molecule has 0 saturated heterocycles. The number of allylic oxidation sites excluding steroid dienone is 7. The molecule has 0 aliphatic rings. The highest BCUT2D eigenvalue weighted by molar-refractivity contribution is 5.76. The van der Waals surface area contributed by atoms with Gasteiger partial charge in [-0.05, 0) is 96.3 Å². The lowest BCUT2D eigenvalue weighted by molar-refractivity contribution is -0.143. The summed E-state index contributed by atoms with van der Waals surface area (Å²) in [5.74, 6) is -0.132. The molecule has 6 heteroatoms. The Morgan fingerprint density at radius 3 is 1.20 bits per heavy atom. The molecule has 386 valence electrons. The minimum Gasteiger partial charge on any atom is -0.466 e. The average Bonchev–Trinajstić information content (AvgIpc) is 3.32. The number of aliphatic hydroxyl groups excluding tert-OH is 2. The molecule has 0 saturated carbocycles. The fourth-order valence-electron chi connectivity index (χ4n) is 8.60. The predicted octanol–water partition coefficient (Wildman–Crippen LogP) is 17.8. The number of carbonyl (C=O) groups is 2. The van der Waals surface area contributed by atoms with Crippen LogP contribution in [0, 0.1) is 0 Å². The van der Waals surface area contributed by atoms with E-state index in [1.54, 1.807) is 6.08 Å². The van der Waals surface area contributed by atoms with Crippen LogP contribution in [0.15, 0.2) is 48.6 Å². The average molecular weight is 927 g/mol. The molecular weight excluding hydrogens is 815 g/mol. The van der Waals surface area contributed by atoms with Crippen molar-refractivity contribution in [1.29, 1.82) is 0 Å². The van der Waals surface area contributed by atoms with E-state index in [0.717, 1.165) is 103 Å². The Morgan fingerprint density at radius 2 is 0.758 bits per heavy atom. The lowest BCUT2D eigenvalue weighted by Gasteiger charge is -2.20. The molecule has 0 aromatic carbocycles. The van der Waals surface area contributed by atoms with Gasteiger partial charge in [0.1, 0.15) is 0 Å². The van der Waals surface area contributed by atoms with E-state index in [0.29, 0.717) is 19.4 Å². The van der Waals surface area contributed by atoms with Gasteiger partial charge >= 0.3 is 5.97 Å². The molecule has 0 aromatic rings. The van der Waals surface area contributed by atoms with E-state index in [1.807, 2.05) is 6.08 Å². The van der Waals surface area contributed by atoms with E-state index < -0.39 is 12.1 Å². The highest BCUT2D eigenvalue weighted by Crippen LogP contribution is 2.16. The van der Waals surface area contributed by atoms with E-state index in [4.69, 9.17) is 4.74 Å². The molecule has 6 nitrogen and oxygen atoms in total. The van der Waals surface area contributed by atoms with Crippen LogP contribution in [-0.2, 0) is 14.3 Å². The van der Waals surface area contributed by atoms with Gasteiger partial charge in [0.2, 0.25) is 5.91 Å². The van der Waals surface area contributed by atoms with Crippen LogP contribution in [0.25, 0.3) is 0 Å². The van der Waals surface area contributed by atoms with E-state index in [2.05, 4.69) is 55.6 Å². The molecule has 0 fully saturated rings. The summed E-state index contributed by atoms with van der Waals surface area (Å²) in [5, 5.41) is 23.2. The van der Waals surface area contributed by atoms with Crippen molar-refractivity contribution in [2.75, 3.05) is 13.2 Å². The third-order valence-corrected chi connectivity index (χ3v) is 13.1. The topological polar surface area (TPSA) is 95.9 Å². The van der Waals surface area contributed by atoms with Crippen molar-refractivity contribution in [3.63, 3.8) is 0 Å². The summed E-state index contributed by atoms with van der Waals surface area (Å²) in [6.07, 6.45) is 69.9. The van der Waals surface area contributed by atoms with Crippen molar-refractivity contribution >= 4 is 11.9 Å². The summed E-state index contributed by atoms with van der Waals surface area (Å²) in [6, 6.07) is -0.649. The van der Waals surface area contributed by atoms with E-state index >= 15 is 0 Å². The van der Waals surface area contributed by atoms with Gasteiger partial charge in [0, 0.05) is 12.8 Å². The van der Waals surface area contributed by atoms with Crippen LogP contribution >= 0.6 is 0 Å². The van der Waals surface area contributed by atoms with Crippen molar-refractivity contribution in [3.05, 3.63) is 48.6 Å². The second kappa shape index (κ2) is 55.4. The quantitative estimate of drug-likeness (QED) is 0.0321. The Hall–Kier alpha value is -2.18. The Labute approximate surface area is 410 Å². The monoisotopic (exact) mass is 926 g/mol. The summed E-state index contributed by atoms with van der Waals surface area (Å²) in [5.41, 5.74) is 0. The second-order valence-electron chi connectivity index (χ2n) is 19.6. The summed E-state index contributed by atoms with van der Waals surface area (Å²) < 4.78 is 5.44. The normalized spacial score (nSPS) is 13.0. The molecule has 0 aromatic heterocycles. The molecular formula is C60H111NO5. The maximum absolute atomic E-state index is 12.5. The molecule has 66 heavy (non-hydrogen) atoms. The maximum atomic E-state index is 12.5. The maximum Gasteiger partial charge on any atom is 0.305 e. The lowest BCUT2D eigenvalue weighted by atomic mass is 10.0. The zero-order valence-corrected chi connectivity index (χ0v) is 43.9. The summed E-state index contributed by atoms with van der Waals surface area (Å²) in [6.45, 7) is 4.82. The lowest BCUT2D eigenvalue weighted by Crippen LogP contribution is -2.45. The standard InChI is InChI=1S/C60H111NO5/c1-3-5-7-9-11-13-15-17-19-20-21-22-23-24-25-27-28-32-36-40-44-48-52-58(63)57(56-62)61-59(64)53-49-45-41-37-33-30-31-35-39-43-47-51-55-66-60(65)54-50-46-42-38-34-29-26-18-16-14-12-10-8-6-4-2/h12,14,18,26,31,35,48,52,57-58,62-63H,3-11,13,15-17,19-25,27-30,32-34,36-47,49-51,53-56H2,1-2H3,(H,61,64)/b14-12-,26-18-,35-31-,52-48+. The third kappa shape index (κ3) is 51.2. The molecule has 3 N–H and O–H groups in total. The Balaban J connectivity index is 3.55. The first-order chi connectivity index (χ1) is 32.5. The highest BCUT2D eigenvalue weighted by Gasteiger charge is 2.18. The Kier molecular flexibility index (Phi) is 53.6. The smallest absolute Gasteiger partial charge is 0.305 e.